The van der Waals surface area contributed by atoms with E-state index in [1.807, 2.05) is 43.9 Å². The molecule has 0 amide bonds. The summed E-state index contributed by atoms with van der Waals surface area (Å²) in [7, 11) is 1.38. The van der Waals surface area contributed by atoms with E-state index >= 15 is 0 Å². The number of ether oxygens (including phenoxy) is 1. The molecule has 2 N–H and O–H groups in total. The second-order valence-electron chi connectivity index (χ2n) is 4.63. The number of rotatable bonds is 5. The average molecular weight is 280 g/mol. The highest BCUT2D eigenvalue weighted by Gasteiger charge is 2.20. The largest absolute Gasteiger partial charge is 0.468 e. The first kappa shape index (κ1) is 15.4. The van der Waals surface area contributed by atoms with Crippen LogP contribution in [-0.2, 0) is 9.53 Å². The number of aryl methyl sites for hydroxylation is 1. The summed E-state index contributed by atoms with van der Waals surface area (Å²) in [6.45, 7) is 6.18. The summed E-state index contributed by atoms with van der Waals surface area (Å²) in [6.07, 6.45) is 0. The molecule has 104 valence electrons. The van der Waals surface area contributed by atoms with Crippen molar-refractivity contribution in [1.29, 1.82) is 0 Å². The predicted molar refractivity (Wildman–Crippen MR) is 81.6 cm³/mol. The number of nitrogens with two attached hydrogens (primary N) is 1. The van der Waals surface area contributed by atoms with Gasteiger partial charge in [-0.25, -0.2) is 0 Å². The minimum atomic E-state index is -0.286. The van der Waals surface area contributed by atoms with E-state index in [1.54, 1.807) is 0 Å². The fourth-order valence-electron chi connectivity index (χ4n) is 1.96. The Labute approximate surface area is 119 Å². The highest BCUT2D eigenvalue weighted by molar-refractivity contribution is 7.80. The highest BCUT2D eigenvalue weighted by Crippen LogP contribution is 2.27. The van der Waals surface area contributed by atoms with Gasteiger partial charge in [-0.15, -0.1) is 0 Å². The Balaban J connectivity index is 3.29. The van der Waals surface area contributed by atoms with Crippen LogP contribution >= 0.6 is 12.2 Å². The van der Waals surface area contributed by atoms with Crippen LogP contribution < -0.4 is 10.6 Å². The summed E-state index contributed by atoms with van der Waals surface area (Å²) in [5.74, 6) is -0.286. The highest BCUT2D eigenvalue weighted by atomic mass is 32.1. The summed E-state index contributed by atoms with van der Waals surface area (Å²) in [5.41, 5.74) is 8.49. The third-order valence-corrected chi connectivity index (χ3v) is 3.16. The molecular formula is C14H20N2O2S. The van der Waals surface area contributed by atoms with E-state index in [-0.39, 0.29) is 18.6 Å². The molecule has 0 saturated heterocycles. The van der Waals surface area contributed by atoms with Gasteiger partial charge in [0.05, 0.1) is 12.8 Å². The Morgan fingerprint density at radius 1 is 1.47 bits per heavy atom. The van der Waals surface area contributed by atoms with E-state index in [2.05, 4.69) is 0 Å². The lowest BCUT2D eigenvalue weighted by atomic mass is 10.1. The molecule has 0 aliphatic heterocycles. The van der Waals surface area contributed by atoms with E-state index in [0.717, 1.165) is 16.8 Å². The molecule has 0 bridgehead atoms. The predicted octanol–water partition coefficient (Wildman–Crippen LogP) is 2.02. The minimum Gasteiger partial charge on any atom is -0.468 e. The number of carbonyl (C=O) groups is 1. The van der Waals surface area contributed by atoms with E-state index in [9.17, 15) is 4.79 Å². The van der Waals surface area contributed by atoms with Crippen molar-refractivity contribution in [2.75, 3.05) is 18.6 Å². The van der Waals surface area contributed by atoms with Gasteiger partial charge >= 0.3 is 5.97 Å². The van der Waals surface area contributed by atoms with Crippen LogP contribution in [-0.4, -0.2) is 30.7 Å². The molecule has 0 radical (unpaired) electrons. The van der Waals surface area contributed by atoms with E-state index in [4.69, 9.17) is 22.7 Å². The first-order chi connectivity index (χ1) is 8.88. The molecule has 0 aliphatic rings. The van der Waals surface area contributed by atoms with Crippen molar-refractivity contribution in [2.45, 2.75) is 26.8 Å². The molecule has 0 aliphatic carbocycles. The molecule has 0 heterocycles. The van der Waals surface area contributed by atoms with Crippen molar-refractivity contribution in [2.24, 2.45) is 5.73 Å². The van der Waals surface area contributed by atoms with Crippen LogP contribution in [0.3, 0.4) is 0 Å². The van der Waals surface area contributed by atoms with Crippen molar-refractivity contribution in [3.8, 4) is 0 Å². The SMILES string of the molecule is COC(=O)CN(c1c(C)cccc1C(N)=S)C(C)C. The fourth-order valence-corrected chi connectivity index (χ4v) is 2.13. The lowest BCUT2D eigenvalue weighted by Crippen LogP contribution is -2.38. The lowest BCUT2D eigenvalue weighted by molar-refractivity contribution is -0.139. The quantitative estimate of drug-likeness (QED) is 0.660. The number of hydrogen-bond donors (Lipinski definition) is 1. The van der Waals surface area contributed by atoms with Gasteiger partial charge in [-0.1, -0.05) is 24.4 Å². The number of para-hydroxylation sites is 1. The number of benzene rings is 1. The standard InChI is InChI=1S/C14H20N2O2S/c1-9(2)16(8-12(17)18-4)13-10(3)6-5-7-11(13)14(15)19/h5-7,9H,8H2,1-4H3,(H2,15,19). The zero-order valence-electron chi connectivity index (χ0n) is 11.8. The molecule has 1 aromatic carbocycles. The van der Waals surface area contributed by atoms with Crippen molar-refractivity contribution in [3.05, 3.63) is 29.3 Å². The number of esters is 1. The zero-order chi connectivity index (χ0) is 14.6. The van der Waals surface area contributed by atoms with Gasteiger partial charge < -0.3 is 15.4 Å². The van der Waals surface area contributed by atoms with Crippen molar-refractivity contribution >= 4 is 28.9 Å². The van der Waals surface area contributed by atoms with Gasteiger partial charge in [0.15, 0.2) is 0 Å². The first-order valence-corrected chi connectivity index (χ1v) is 6.52. The van der Waals surface area contributed by atoms with Gasteiger partial charge in [0, 0.05) is 11.6 Å². The Morgan fingerprint density at radius 2 is 2.11 bits per heavy atom. The monoisotopic (exact) mass is 280 g/mol. The van der Waals surface area contributed by atoms with Gasteiger partial charge in [-0.05, 0) is 32.4 Å². The van der Waals surface area contributed by atoms with Crippen LogP contribution in [0.5, 0.6) is 0 Å². The average Bonchev–Trinajstić information content (AvgIpc) is 2.35. The normalized spacial score (nSPS) is 10.4. The molecular weight excluding hydrogens is 260 g/mol. The van der Waals surface area contributed by atoms with Crippen molar-refractivity contribution in [1.82, 2.24) is 0 Å². The van der Waals surface area contributed by atoms with Crippen molar-refractivity contribution in [3.63, 3.8) is 0 Å². The molecule has 4 nitrogen and oxygen atoms in total. The van der Waals surface area contributed by atoms with Crippen LogP contribution in [0.4, 0.5) is 5.69 Å². The molecule has 0 unspecified atom stereocenters. The molecule has 5 heteroatoms. The maximum absolute atomic E-state index is 11.6. The summed E-state index contributed by atoms with van der Waals surface area (Å²) in [5, 5.41) is 0. The number of methoxy groups -OCH3 is 1. The molecule has 0 fully saturated rings. The van der Waals surface area contributed by atoms with E-state index in [0.29, 0.717) is 4.99 Å². The molecule has 0 saturated carbocycles. The second-order valence-corrected chi connectivity index (χ2v) is 5.07. The maximum atomic E-state index is 11.6. The summed E-state index contributed by atoms with van der Waals surface area (Å²) in [6, 6.07) is 5.89. The number of hydrogen-bond acceptors (Lipinski definition) is 4. The van der Waals surface area contributed by atoms with Crippen molar-refractivity contribution < 1.29 is 9.53 Å². The molecule has 0 atom stereocenters. The number of nitrogens with zero attached hydrogens (tertiary/aromatic N) is 1. The topological polar surface area (TPSA) is 55.6 Å². The van der Waals surface area contributed by atoms with Crippen LogP contribution in [0.1, 0.15) is 25.0 Å². The van der Waals surface area contributed by atoms with Crippen LogP contribution in [0.2, 0.25) is 0 Å². The third kappa shape index (κ3) is 3.67. The van der Waals surface area contributed by atoms with Crippen LogP contribution in [0.15, 0.2) is 18.2 Å². The molecule has 19 heavy (non-hydrogen) atoms. The number of carbonyl (C=O) groups excluding carboxylic acids is 1. The summed E-state index contributed by atoms with van der Waals surface area (Å²) >= 11 is 5.09. The molecule has 0 aromatic heterocycles. The van der Waals surface area contributed by atoms with Crippen LogP contribution in [0.25, 0.3) is 0 Å². The minimum absolute atomic E-state index is 0.133. The second kappa shape index (κ2) is 6.52. The maximum Gasteiger partial charge on any atom is 0.325 e. The third-order valence-electron chi connectivity index (χ3n) is 2.94. The van der Waals surface area contributed by atoms with Gasteiger partial charge in [0.2, 0.25) is 0 Å². The first-order valence-electron chi connectivity index (χ1n) is 6.11. The summed E-state index contributed by atoms with van der Waals surface area (Å²) in [4.78, 5) is 13.8. The lowest BCUT2D eigenvalue weighted by Gasteiger charge is -2.31. The smallest absolute Gasteiger partial charge is 0.325 e. The van der Waals surface area contributed by atoms with Gasteiger partial charge in [-0.2, -0.15) is 0 Å². The van der Waals surface area contributed by atoms with E-state index < -0.39 is 0 Å². The summed E-state index contributed by atoms with van der Waals surface area (Å²) < 4.78 is 4.75. The number of thiocarbonyl (C=S) groups is 1. The molecule has 0 spiro atoms. The Bertz CT molecular complexity index is 486. The van der Waals surface area contributed by atoms with Gasteiger partial charge in [0.1, 0.15) is 11.5 Å². The Kier molecular flexibility index (Phi) is 5.30. The fraction of sp³-hybridized carbons (Fsp3) is 0.429. The van der Waals surface area contributed by atoms with Gasteiger partial charge in [0.25, 0.3) is 0 Å². The Hall–Kier alpha value is -1.62. The Morgan fingerprint density at radius 3 is 2.58 bits per heavy atom. The molecule has 1 rings (SSSR count). The number of anilines is 1. The van der Waals surface area contributed by atoms with Gasteiger partial charge in [-0.3, -0.25) is 4.79 Å². The molecule has 1 aromatic rings. The zero-order valence-corrected chi connectivity index (χ0v) is 12.6. The van der Waals surface area contributed by atoms with E-state index in [1.165, 1.54) is 7.11 Å². The van der Waals surface area contributed by atoms with Crippen LogP contribution in [0, 0.1) is 6.92 Å².